The molecule has 2 amide bonds. The summed E-state index contributed by atoms with van der Waals surface area (Å²) in [5.41, 5.74) is 18.2. The number of aromatic nitrogens is 1. The number of rotatable bonds is 10. The Labute approximate surface area is 293 Å². The fourth-order valence-electron chi connectivity index (χ4n) is 7.00. The van der Waals surface area contributed by atoms with Crippen molar-refractivity contribution < 1.29 is 24.7 Å². The first-order valence-corrected chi connectivity index (χ1v) is 17.2. The van der Waals surface area contributed by atoms with E-state index in [0.29, 0.717) is 67.9 Å². The number of pyridine rings is 1. The Bertz CT molecular complexity index is 1850. The zero-order valence-corrected chi connectivity index (χ0v) is 29.1. The summed E-state index contributed by atoms with van der Waals surface area (Å²) >= 11 is 0. The lowest BCUT2D eigenvalue weighted by Gasteiger charge is -2.29. The molecule has 3 aliphatic rings. The van der Waals surface area contributed by atoms with Gasteiger partial charge in [-0.3, -0.25) is 24.9 Å². The lowest BCUT2D eigenvalue weighted by Crippen LogP contribution is -2.62. The van der Waals surface area contributed by atoms with E-state index in [-0.39, 0.29) is 17.9 Å². The molecule has 0 radical (unpaired) electrons. The van der Waals surface area contributed by atoms with Crippen LogP contribution in [0.5, 0.6) is 5.88 Å². The number of likely N-dealkylation sites (tertiary alicyclic amines) is 1. The molecule has 12 nitrogen and oxygen atoms in total. The highest BCUT2D eigenvalue weighted by atomic mass is 16.5. The van der Waals surface area contributed by atoms with Crippen LogP contribution in [0.2, 0.25) is 0 Å². The van der Waals surface area contributed by atoms with Gasteiger partial charge in [0.25, 0.3) is 6.34 Å². The molecule has 2 fully saturated rings. The summed E-state index contributed by atoms with van der Waals surface area (Å²) in [6.07, 6.45) is 7.60. The lowest BCUT2D eigenvalue weighted by molar-refractivity contribution is -0.414. The number of nitrogens with two attached hydrogens (primary N) is 3. The molecule has 1 atom stereocenters. The number of carbonyl (C=O) groups excluding carboxylic acids is 2. The SMILES string of the molecule is C[NH+]=CN=C(N)c1ccc(C2=CCN(C(=O)CN3CC[C@]4(CCN(c5ccc(N)c(C(=[NH2+])c6ccc(OC(C)C)nc6)c5)C4=O)C3)CC2)cc1. The predicted molar refractivity (Wildman–Crippen MR) is 196 cm³/mol. The maximum absolute atomic E-state index is 14.0. The van der Waals surface area contributed by atoms with Crippen LogP contribution < -0.4 is 31.5 Å². The number of anilines is 2. The number of ether oxygens (including phenoxy) is 1. The standard InChI is InChI=1S/C38H45N9O3/c1-25(2)50-33-11-8-29(21-43-33)35(40)31-20-30(9-10-32(31)39)47-19-15-38(37(47)49)14-18-45(23-38)22-34(48)46-16-12-27(13-17-46)26-4-6-28(7-5-26)36(41)44-24-42-3/h4-12,20-21,24-25,40H,13-19,22-23,39H2,1-3H3,(H2,41,42,44)/p+2/t38-/m0/s1. The zero-order valence-electron chi connectivity index (χ0n) is 29.1. The van der Waals surface area contributed by atoms with Crippen molar-refractivity contribution in [1.29, 1.82) is 0 Å². The van der Waals surface area contributed by atoms with Gasteiger partial charge in [-0.25, -0.2) is 4.98 Å². The van der Waals surface area contributed by atoms with E-state index in [1.165, 1.54) is 5.57 Å². The van der Waals surface area contributed by atoms with Crippen molar-refractivity contribution in [2.75, 3.05) is 56.9 Å². The lowest BCUT2D eigenvalue weighted by atomic mass is 9.85. The molecular weight excluding hydrogens is 630 g/mol. The first kappa shape index (κ1) is 34.5. The Kier molecular flexibility index (Phi) is 10.1. The van der Waals surface area contributed by atoms with E-state index in [1.54, 1.807) is 31.7 Å². The van der Waals surface area contributed by atoms with E-state index in [2.05, 4.69) is 25.9 Å². The maximum Gasteiger partial charge on any atom is 0.281 e. The fraction of sp³-hybridized carbons (Fsp3) is 0.368. The van der Waals surface area contributed by atoms with Crippen LogP contribution in [0.1, 0.15) is 55.4 Å². The summed E-state index contributed by atoms with van der Waals surface area (Å²) in [6, 6.07) is 17.2. The summed E-state index contributed by atoms with van der Waals surface area (Å²) in [5, 5.41) is 6.57. The minimum Gasteiger partial charge on any atom is -0.475 e. The van der Waals surface area contributed by atoms with Gasteiger partial charge in [0.2, 0.25) is 29.2 Å². The first-order valence-electron chi connectivity index (χ1n) is 17.2. The highest BCUT2D eigenvalue weighted by Crippen LogP contribution is 2.42. The molecule has 0 aliphatic carbocycles. The summed E-state index contributed by atoms with van der Waals surface area (Å²) in [4.78, 5) is 44.6. The number of aliphatic imine (C=N–C) groups is 1. The van der Waals surface area contributed by atoms with Gasteiger partial charge >= 0.3 is 0 Å². The Morgan fingerprint density at radius 3 is 2.54 bits per heavy atom. The quantitative estimate of drug-likeness (QED) is 0.135. The van der Waals surface area contributed by atoms with Crippen molar-refractivity contribution in [3.8, 4) is 5.88 Å². The second-order valence-electron chi connectivity index (χ2n) is 13.5. The Hall–Kier alpha value is -5.36. The molecule has 3 aromatic rings. The Balaban J connectivity index is 1.05. The van der Waals surface area contributed by atoms with E-state index < -0.39 is 5.41 Å². The highest BCUT2D eigenvalue weighted by molar-refractivity contribution is 6.13. The molecule has 0 bridgehead atoms. The van der Waals surface area contributed by atoms with Crippen molar-refractivity contribution in [1.82, 2.24) is 14.8 Å². The number of nitrogen functional groups attached to an aromatic ring is 1. The minimum absolute atomic E-state index is 0.0157. The van der Waals surface area contributed by atoms with E-state index >= 15 is 0 Å². The Morgan fingerprint density at radius 2 is 1.86 bits per heavy atom. The smallest absolute Gasteiger partial charge is 0.281 e. The maximum atomic E-state index is 14.0. The van der Waals surface area contributed by atoms with Crippen molar-refractivity contribution in [3.05, 3.63) is 89.1 Å². The molecule has 6 rings (SSSR count). The summed E-state index contributed by atoms with van der Waals surface area (Å²) in [6.45, 7) is 7.30. The van der Waals surface area contributed by atoms with Crippen LogP contribution in [-0.4, -0.2) is 96.9 Å². The Morgan fingerprint density at radius 1 is 1.10 bits per heavy atom. The number of amides is 2. The number of amidine groups is 1. The van der Waals surface area contributed by atoms with Gasteiger partial charge in [0.1, 0.15) is 0 Å². The highest BCUT2D eigenvalue weighted by Gasteiger charge is 2.51. The number of nitrogens with one attached hydrogen (secondary N) is 1. The molecule has 1 aromatic heterocycles. The van der Waals surface area contributed by atoms with Crippen LogP contribution in [0.25, 0.3) is 5.57 Å². The molecule has 1 spiro atoms. The van der Waals surface area contributed by atoms with Crippen molar-refractivity contribution >= 4 is 46.6 Å². The zero-order chi connectivity index (χ0) is 35.4. The van der Waals surface area contributed by atoms with Crippen LogP contribution in [0, 0.1) is 5.41 Å². The summed E-state index contributed by atoms with van der Waals surface area (Å²) < 4.78 is 5.65. The molecule has 3 aliphatic heterocycles. The van der Waals surface area contributed by atoms with Crippen LogP contribution in [0.3, 0.4) is 0 Å². The fourth-order valence-corrected chi connectivity index (χ4v) is 7.00. The van der Waals surface area contributed by atoms with Gasteiger partial charge in [0, 0.05) is 55.4 Å². The van der Waals surface area contributed by atoms with Gasteiger partial charge < -0.3 is 26.0 Å². The third kappa shape index (κ3) is 7.30. The normalized spacial score (nSPS) is 20.0. The molecule has 0 saturated carbocycles. The van der Waals surface area contributed by atoms with Crippen LogP contribution >= 0.6 is 0 Å². The van der Waals surface area contributed by atoms with Gasteiger partial charge in [-0.05, 0) is 92.2 Å². The van der Waals surface area contributed by atoms with Crippen molar-refractivity contribution in [2.45, 2.75) is 39.2 Å². The van der Waals surface area contributed by atoms with Gasteiger partial charge in [-0.15, -0.1) is 0 Å². The topological polar surface area (TPSA) is 170 Å². The number of hydrogen-bond acceptors (Lipinski definition) is 6. The van der Waals surface area contributed by atoms with E-state index in [4.69, 9.17) is 21.6 Å². The van der Waals surface area contributed by atoms with Gasteiger partial charge in [0.15, 0.2) is 0 Å². The number of carbonyl (C=O) groups is 2. The molecule has 2 aromatic carbocycles. The average molecular weight is 678 g/mol. The molecule has 12 heteroatoms. The first-order chi connectivity index (χ1) is 24.1. The van der Waals surface area contributed by atoms with E-state index in [1.807, 2.05) is 66.1 Å². The summed E-state index contributed by atoms with van der Waals surface area (Å²) in [5.74, 6) is 1.15. The minimum atomic E-state index is -0.506. The molecule has 4 heterocycles. The van der Waals surface area contributed by atoms with Crippen LogP contribution in [-0.2, 0) is 9.59 Å². The molecule has 7 N–H and O–H groups in total. The summed E-state index contributed by atoms with van der Waals surface area (Å²) in [7, 11) is 1.77. The molecular formula is C38H47N9O3+2. The third-order valence-corrected chi connectivity index (χ3v) is 9.79. The van der Waals surface area contributed by atoms with Gasteiger partial charge in [0.05, 0.1) is 36.2 Å². The number of benzene rings is 2. The number of hydrogen-bond donors (Lipinski definition) is 4. The van der Waals surface area contributed by atoms with Crippen molar-refractivity contribution in [2.24, 2.45) is 16.1 Å². The van der Waals surface area contributed by atoms with Crippen molar-refractivity contribution in [3.63, 3.8) is 0 Å². The van der Waals surface area contributed by atoms with Gasteiger partial charge in [-0.1, -0.05) is 18.2 Å². The average Bonchev–Trinajstić information content (AvgIpc) is 3.68. The van der Waals surface area contributed by atoms with E-state index in [0.717, 1.165) is 41.6 Å². The monoisotopic (exact) mass is 677 g/mol. The molecule has 50 heavy (non-hydrogen) atoms. The third-order valence-electron chi connectivity index (χ3n) is 9.79. The second kappa shape index (κ2) is 14.6. The molecule has 0 unspecified atom stereocenters. The van der Waals surface area contributed by atoms with Crippen LogP contribution in [0.4, 0.5) is 11.4 Å². The predicted octanol–water partition coefficient (Wildman–Crippen LogP) is 0.236. The molecule has 260 valence electrons. The number of nitrogens with zero attached hydrogens (tertiary/aromatic N) is 5. The second-order valence-corrected chi connectivity index (χ2v) is 13.5. The van der Waals surface area contributed by atoms with Gasteiger partial charge in [-0.2, -0.15) is 0 Å². The molecule has 2 saturated heterocycles. The largest absolute Gasteiger partial charge is 0.475 e. The van der Waals surface area contributed by atoms with Crippen LogP contribution in [0.15, 0.2) is 71.9 Å². The van der Waals surface area contributed by atoms with E-state index in [9.17, 15) is 9.59 Å².